The van der Waals surface area contributed by atoms with E-state index in [0.29, 0.717) is 18.9 Å². The van der Waals surface area contributed by atoms with Crippen molar-refractivity contribution in [1.29, 1.82) is 0 Å². The van der Waals surface area contributed by atoms with Gasteiger partial charge in [0, 0.05) is 19.5 Å². The van der Waals surface area contributed by atoms with Gasteiger partial charge in [0.05, 0.1) is 5.92 Å². The molecule has 5 heteroatoms. The molecular weight excluding hydrogens is 254 g/mol. The first-order chi connectivity index (χ1) is 9.51. The third-order valence-electron chi connectivity index (χ3n) is 3.80. The van der Waals surface area contributed by atoms with Crippen molar-refractivity contribution in [3.05, 3.63) is 35.4 Å². The lowest BCUT2D eigenvalue weighted by molar-refractivity contribution is -0.128. The Kier molecular flexibility index (Phi) is 4.39. The van der Waals surface area contributed by atoms with E-state index in [1.165, 1.54) is 0 Å². The standard InChI is InChI=1S/C15H21N3O2/c1-10-7-14(19)18(8-10)9-12-3-5-13(6-4-12)11(2)15(20)17-16/h3-6,10-11H,7-9,16H2,1-2H3,(H,17,20). The Morgan fingerprint density at radius 2 is 2.10 bits per heavy atom. The highest BCUT2D eigenvalue weighted by Gasteiger charge is 2.26. The van der Waals surface area contributed by atoms with E-state index in [4.69, 9.17) is 5.84 Å². The third-order valence-corrected chi connectivity index (χ3v) is 3.80. The summed E-state index contributed by atoms with van der Waals surface area (Å²) in [6, 6.07) is 7.76. The Labute approximate surface area is 119 Å². The van der Waals surface area contributed by atoms with Crippen molar-refractivity contribution < 1.29 is 9.59 Å². The topological polar surface area (TPSA) is 75.4 Å². The molecule has 0 radical (unpaired) electrons. The summed E-state index contributed by atoms with van der Waals surface area (Å²) in [4.78, 5) is 25.1. The number of hydrogen-bond donors (Lipinski definition) is 2. The van der Waals surface area contributed by atoms with Crippen LogP contribution in [0.2, 0.25) is 0 Å². The van der Waals surface area contributed by atoms with Gasteiger partial charge in [-0.3, -0.25) is 15.0 Å². The van der Waals surface area contributed by atoms with E-state index in [-0.39, 0.29) is 17.7 Å². The zero-order valence-corrected chi connectivity index (χ0v) is 11.9. The Bertz CT molecular complexity index is 498. The number of rotatable bonds is 4. The van der Waals surface area contributed by atoms with Crippen LogP contribution >= 0.6 is 0 Å². The summed E-state index contributed by atoms with van der Waals surface area (Å²) >= 11 is 0. The van der Waals surface area contributed by atoms with E-state index in [2.05, 4.69) is 12.3 Å². The first kappa shape index (κ1) is 14.5. The summed E-state index contributed by atoms with van der Waals surface area (Å²) in [6.45, 7) is 5.37. The maximum atomic E-state index is 11.8. The van der Waals surface area contributed by atoms with Crippen molar-refractivity contribution in [1.82, 2.24) is 10.3 Å². The zero-order chi connectivity index (χ0) is 14.7. The van der Waals surface area contributed by atoms with E-state index < -0.39 is 0 Å². The molecular formula is C15H21N3O2. The molecule has 108 valence electrons. The molecule has 20 heavy (non-hydrogen) atoms. The average molecular weight is 275 g/mol. The van der Waals surface area contributed by atoms with Gasteiger partial charge >= 0.3 is 0 Å². The second-order valence-electron chi connectivity index (χ2n) is 5.56. The molecule has 1 aliphatic heterocycles. The molecule has 1 heterocycles. The number of carbonyl (C=O) groups is 2. The lowest BCUT2D eigenvalue weighted by Crippen LogP contribution is -2.33. The maximum Gasteiger partial charge on any atom is 0.241 e. The van der Waals surface area contributed by atoms with Gasteiger partial charge in [0.15, 0.2) is 0 Å². The van der Waals surface area contributed by atoms with Gasteiger partial charge < -0.3 is 4.90 Å². The number of hydrazine groups is 1. The Morgan fingerprint density at radius 3 is 2.60 bits per heavy atom. The Balaban J connectivity index is 2.02. The van der Waals surface area contributed by atoms with Crippen molar-refractivity contribution in [3.8, 4) is 0 Å². The molecule has 1 aliphatic rings. The molecule has 2 rings (SSSR count). The summed E-state index contributed by atoms with van der Waals surface area (Å²) in [7, 11) is 0. The number of benzene rings is 1. The van der Waals surface area contributed by atoms with Crippen LogP contribution in [0.5, 0.6) is 0 Å². The molecule has 1 saturated heterocycles. The van der Waals surface area contributed by atoms with Crippen molar-refractivity contribution >= 4 is 11.8 Å². The normalized spacial score (nSPS) is 20.1. The van der Waals surface area contributed by atoms with Crippen LogP contribution in [0.15, 0.2) is 24.3 Å². The Hall–Kier alpha value is -1.88. The van der Waals surface area contributed by atoms with Crippen LogP contribution < -0.4 is 11.3 Å². The molecule has 0 spiro atoms. The number of nitrogens with one attached hydrogen (secondary N) is 1. The van der Waals surface area contributed by atoms with E-state index in [0.717, 1.165) is 17.7 Å². The van der Waals surface area contributed by atoms with Gasteiger partial charge in [0.2, 0.25) is 11.8 Å². The number of hydrogen-bond acceptors (Lipinski definition) is 3. The summed E-state index contributed by atoms with van der Waals surface area (Å²) in [5, 5.41) is 0. The van der Waals surface area contributed by atoms with Crippen LogP contribution in [0.4, 0.5) is 0 Å². The lowest BCUT2D eigenvalue weighted by atomic mass is 9.99. The first-order valence-electron chi connectivity index (χ1n) is 6.88. The van der Waals surface area contributed by atoms with Crippen LogP contribution in [-0.4, -0.2) is 23.3 Å². The quantitative estimate of drug-likeness (QED) is 0.491. The number of likely N-dealkylation sites (tertiary alicyclic amines) is 1. The predicted molar refractivity (Wildman–Crippen MR) is 76.4 cm³/mol. The highest BCUT2D eigenvalue weighted by Crippen LogP contribution is 2.21. The summed E-state index contributed by atoms with van der Waals surface area (Å²) in [5.74, 6) is 5.31. The fourth-order valence-corrected chi connectivity index (χ4v) is 2.53. The second-order valence-corrected chi connectivity index (χ2v) is 5.56. The van der Waals surface area contributed by atoms with Crippen molar-refractivity contribution in [2.24, 2.45) is 11.8 Å². The van der Waals surface area contributed by atoms with Crippen LogP contribution in [-0.2, 0) is 16.1 Å². The molecule has 5 nitrogen and oxygen atoms in total. The molecule has 3 N–H and O–H groups in total. The summed E-state index contributed by atoms with van der Waals surface area (Å²) in [6.07, 6.45) is 0.645. The van der Waals surface area contributed by atoms with Crippen molar-refractivity contribution in [3.63, 3.8) is 0 Å². The van der Waals surface area contributed by atoms with Gasteiger partial charge in [0.1, 0.15) is 0 Å². The first-order valence-corrected chi connectivity index (χ1v) is 6.88. The Morgan fingerprint density at radius 1 is 1.45 bits per heavy atom. The maximum absolute atomic E-state index is 11.8. The number of amides is 2. The molecule has 2 unspecified atom stereocenters. The van der Waals surface area contributed by atoms with Crippen LogP contribution in [0.25, 0.3) is 0 Å². The zero-order valence-electron chi connectivity index (χ0n) is 11.9. The van der Waals surface area contributed by atoms with E-state index >= 15 is 0 Å². The monoisotopic (exact) mass is 275 g/mol. The second kappa shape index (κ2) is 6.05. The molecule has 1 fully saturated rings. The molecule has 2 amide bonds. The molecule has 0 bridgehead atoms. The van der Waals surface area contributed by atoms with Crippen molar-refractivity contribution in [2.45, 2.75) is 32.7 Å². The minimum atomic E-state index is -0.275. The van der Waals surface area contributed by atoms with Crippen LogP contribution in [0, 0.1) is 5.92 Å². The van der Waals surface area contributed by atoms with Gasteiger partial charge in [-0.25, -0.2) is 5.84 Å². The third kappa shape index (κ3) is 3.17. The fourth-order valence-electron chi connectivity index (χ4n) is 2.53. The highest BCUT2D eigenvalue weighted by atomic mass is 16.2. The minimum Gasteiger partial charge on any atom is -0.338 e. The number of carbonyl (C=O) groups excluding carboxylic acids is 2. The SMILES string of the molecule is CC1CC(=O)N(Cc2ccc(C(C)C(=O)NN)cc2)C1. The number of nitrogens with two attached hydrogens (primary N) is 1. The molecule has 0 aliphatic carbocycles. The van der Waals surface area contributed by atoms with Gasteiger partial charge in [0.25, 0.3) is 0 Å². The van der Waals surface area contributed by atoms with Crippen LogP contribution in [0.1, 0.15) is 37.3 Å². The van der Waals surface area contributed by atoms with Gasteiger partial charge in [-0.05, 0) is 24.0 Å². The molecule has 1 aromatic rings. The lowest BCUT2D eigenvalue weighted by Gasteiger charge is -2.17. The largest absolute Gasteiger partial charge is 0.338 e. The molecule has 2 atom stereocenters. The predicted octanol–water partition coefficient (Wildman–Crippen LogP) is 1.15. The fraction of sp³-hybridized carbons (Fsp3) is 0.467. The van der Waals surface area contributed by atoms with E-state index in [1.54, 1.807) is 0 Å². The van der Waals surface area contributed by atoms with Gasteiger partial charge in [-0.15, -0.1) is 0 Å². The molecule has 0 saturated carbocycles. The van der Waals surface area contributed by atoms with E-state index in [9.17, 15) is 9.59 Å². The minimum absolute atomic E-state index is 0.207. The van der Waals surface area contributed by atoms with E-state index in [1.807, 2.05) is 36.1 Å². The summed E-state index contributed by atoms with van der Waals surface area (Å²) in [5.41, 5.74) is 4.15. The van der Waals surface area contributed by atoms with Gasteiger partial charge in [-0.2, -0.15) is 0 Å². The average Bonchev–Trinajstić information content (AvgIpc) is 2.76. The molecule has 1 aromatic carbocycles. The molecule has 0 aromatic heterocycles. The van der Waals surface area contributed by atoms with Gasteiger partial charge in [-0.1, -0.05) is 31.2 Å². The van der Waals surface area contributed by atoms with Crippen molar-refractivity contribution in [2.75, 3.05) is 6.54 Å². The van der Waals surface area contributed by atoms with Crippen LogP contribution in [0.3, 0.4) is 0 Å². The number of nitrogens with zero attached hydrogens (tertiary/aromatic N) is 1. The highest BCUT2D eigenvalue weighted by molar-refractivity contribution is 5.82. The summed E-state index contributed by atoms with van der Waals surface area (Å²) < 4.78 is 0. The smallest absolute Gasteiger partial charge is 0.241 e.